The van der Waals surface area contributed by atoms with E-state index in [2.05, 4.69) is 44.2 Å². The SMILES string of the molecule is Cc1ccccc1C1(C)C[C]=CC=C1Cl. The molecule has 0 saturated heterocycles. The molecule has 1 aliphatic rings. The number of rotatable bonds is 1. The first-order chi connectivity index (χ1) is 7.14. The zero-order chi connectivity index (χ0) is 10.9. The fourth-order valence-corrected chi connectivity index (χ4v) is 2.31. The second-order valence-corrected chi connectivity index (χ2v) is 4.62. The lowest BCUT2D eigenvalue weighted by molar-refractivity contribution is 0.574. The Morgan fingerprint density at radius 1 is 1.33 bits per heavy atom. The topological polar surface area (TPSA) is 0 Å². The van der Waals surface area contributed by atoms with Crippen molar-refractivity contribution in [3.63, 3.8) is 0 Å². The number of allylic oxidation sites excluding steroid dienone is 4. The van der Waals surface area contributed by atoms with Crippen LogP contribution in [0.4, 0.5) is 0 Å². The second-order valence-electron chi connectivity index (χ2n) is 4.21. The number of halogens is 1. The van der Waals surface area contributed by atoms with E-state index < -0.39 is 0 Å². The van der Waals surface area contributed by atoms with Crippen LogP contribution in [0, 0.1) is 13.0 Å². The van der Waals surface area contributed by atoms with E-state index in [-0.39, 0.29) is 5.41 Å². The quantitative estimate of drug-likeness (QED) is 0.663. The number of hydrogen-bond acceptors (Lipinski definition) is 0. The average molecular weight is 218 g/mol. The van der Waals surface area contributed by atoms with Crippen LogP contribution in [-0.2, 0) is 5.41 Å². The molecule has 1 heteroatoms. The van der Waals surface area contributed by atoms with Gasteiger partial charge in [-0.25, -0.2) is 0 Å². The van der Waals surface area contributed by atoms with Crippen molar-refractivity contribution in [1.82, 2.24) is 0 Å². The van der Waals surface area contributed by atoms with Crippen molar-refractivity contribution >= 4 is 11.6 Å². The lowest BCUT2D eigenvalue weighted by atomic mass is 9.75. The van der Waals surface area contributed by atoms with E-state index in [0.717, 1.165) is 11.5 Å². The average Bonchev–Trinajstić information content (AvgIpc) is 2.23. The summed E-state index contributed by atoms with van der Waals surface area (Å²) in [6, 6.07) is 8.40. The third-order valence-electron chi connectivity index (χ3n) is 3.07. The molecule has 0 spiro atoms. The maximum absolute atomic E-state index is 6.32. The molecule has 0 nitrogen and oxygen atoms in total. The van der Waals surface area contributed by atoms with Gasteiger partial charge in [0.05, 0.1) is 0 Å². The molecule has 1 atom stereocenters. The van der Waals surface area contributed by atoms with Crippen molar-refractivity contribution in [1.29, 1.82) is 0 Å². The summed E-state index contributed by atoms with van der Waals surface area (Å²) in [5.41, 5.74) is 2.49. The molecule has 0 saturated carbocycles. The highest BCUT2D eigenvalue weighted by atomic mass is 35.5. The van der Waals surface area contributed by atoms with Gasteiger partial charge in [0.15, 0.2) is 0 Å². The lowest BCUT2D eigenvalue weighted by Gasteiger charge is -2.31. The molecule has 0 aromatic heterocycles. The molecule has 0 N–H and O–H groups in total. The minimum atomic E-state index is -0.0956. The Bertz CT molecular complexity index is 429. The summed E-state index contributed by atoms with van der Waals surface area (Å²) in [5.74, 6) is 0. The van der Waals surface area contributed by atoms with Gasteiger partial charge in [0.2, 0.25) is 0 Å². The highest BCUT2D eigenvalue weighted by Crippen LogP contribution is 2.40. The molecule has 0 amide bonds. The van der Waals surface area contributed by atoms with Gasteiger partial charge in [-0.05, 0) is 36.6 Å². The van der Waals surface area contributed by atoms with Gasteiger partial charge < -0.3 is 0 Å². The zero-order valence-corrected chi connectivity index (χ0v) is 9.81. The Labute approximate surface area is 96.3 Å². The van der Waals surface area contributed by atoms with Gasteiger partial charge in [0.1, 0.15) is 0 Å². The van der Waals surface area contributed by atoms with Crippen LogP contribution in [0.15, 0.2) is 41.4 Å². The molecule has 1 aromatic rings. The van der Waals surface area contributed by atoms with Gasteiger partial charge in [0.25, 0.3) is 0 Å². The Hall–Kier alpha value is -1.01. The highest BCUT2D eigenvalue weighted by molar-refractivity contribution is 6.31. The summed E-state index contributed by atoms with van der Waals surface area (Å²) in [7, 11) is 0. The van der Waals surface area contributed by atoms with E-state index in [1.165, 1.54) is 11.1 Å². The first-order valence-corrected chi connectivity index (χ1v) is 5.51. The third-order valence-corrected chi connectivity index (χ3v) is 3.61. The number of hydrogen-bond donors (Lipinski definition) is 0. The van der Waals surface area contributed by atoms with Crippen molar-refractivity contribution in [3.05, 3.63) is 58.7 Å². The standard InChI is InChI=1S/C14H14Cl/c1-11-7-3-4-8-12(11)14(2)10-6-5-9-13(14)15/h3-5,7-9H,10H2,1-2H3. The Morgan fingerprint density at radius 2 is 2.07 bits per heavy atom. The first-order valence-electron chi connectivity index (χ1n) is 5.13. The van der Waals surface area contributed by atoms with E-state index in [4.69, 9.17) is 11.6 Å². The van der Waals surface area contributed by atoms with E-state index in [1.54, 1.807) is 0 Å². The Morgan fingerprint density at radius 3 is 2.73 bits per heavy atom. The van der Waals surface area contributed by atoms with Gasteiger partial charge in [-0.2, -0.15) is 0 Å². The van der Waals surface area contributed by atoms with Crippen molar-refractivity contribution in [2.24, 2.45) is 0 Å². The van der Waals surface area contributed by atoms with Crippen molar-refractivity contribution in [3.8, 4) is 0 Å². The molecule has 0 bridgehead atoms. The van der Waals surface area contributed by atoms with Crippen LogP contribution in [-0.4, -0.2) is 0 Å². The summed E-state index contributed by atoms with van der Waals surface area (Å²) in [6.45, 7) is 4.30. The summed E-state index contributed by atoms with van der Waals surface area (Å²) in [4.78, 5) is 0. The van der Waals surface area contributed by atoms with E-state index in [0.29, 0.717) is 0 Å². The van der Waals surface area contributed by atoms with Gasteiger partial charge in [0, 0.05) is 10.4 Å². The van der Waals surface area contributed by atoms with E-state index in [1.807, 2.05) is 12.2 Å². The van der Waals surface area contributed by atoms with Gasteiger partial charge in [-0.1, -0.05) is 48.9 Å². The van der Waals surface area contributed by atoms with E-state index in [9.17, 15) is 0 Å². The minimum Gasteiger partial charge on any atom is -0.0882 e. The number of benzene rings is 1. The molecule has 1 aromatic carbocycles. The maximum Gasteiger partial charge on any atom is 0.0325 e. The van der Waals surface area contributed by atoms with E-state index >= 15 is 0 Å². The molecule has 1 radical (unpaired) electrons. The third kappa shape index (κ3) is 1.74. The van der Waals surface area contributed by atoms with Crippen LogP contribution in [0.25, 0.3) is 0 Å². The minimum absolute atomic E-state index is 0.0956. The fraction of sp³-hybridized carbons (Fsp3) is 0.286. The monoisotopic (exact) mass is 217 g/mol. The predicted molar refractivity (Wildman–Crippen MR) is 64.9 cm³/mol. The summed E-state index contributed by atoms with van der Waals surface area (Å²) < 4.78 is 0. The maximum atomic E-state index is 6.32. The number of aryl methyl sites for hydroxylation is 1. The van der Waals surface area contributed by atoms with Crippen LogP contribution in [0.5, 0.6) is 0 Å². The van der Waals surface area contributed by atoms with Gasteiger partial charge >= 0.3 is 0 Å². The second kappa shape index (κ2) is 3.86. The molecule has 77 valence electrons. The van der Waals surface area contributed by atoms with Crippen molar-refractivity contribution < 1.29 is 0 Å². The molecule has 0 heterocycles. The normalized spacial score (nSPS) is 25.1. The lowest BCUT2D eigenvalue weighted by Crippen LogP contribution is -2.24. The van der Waals surface area contributed by atoms with Gasteiger partial charge in [-0.15, -0.1) is 0 Å². The Balaban J connectivity index is 2.51. The van der Waals surface area contributed by atoms with Crippen molar-refractivity contribution in [2.45, 2.75) is 25.7 Å². The zero-order valence-electron chi connectivity index (χ0n) is 9.05. The highest BCUT2D eigenvalue weighted by Gasteiger charge is 2.31. The van der Waals surface area contributed by atoms with Crippen LogP contribution in [0.3, 0.4) is 0 Å². The van der Waals surface area contributed by atoms with Crippen LogP contribution >= 0.6 is 11.6 Å². The molecule has 2 rings (SSSR count). The van der Waals surface area contributed by atoms with Crippen LogP contribution in [0.1, 0.15) is 24.5 Å². The fourth-order valence-electron chi connectivity index (χ4n) is 2.08. The summed E-state index contributed by atoms with van der Waals surface area (Å²) >= 11 is 6.32. The molecular weight excluding hydrogens is 204 g/mol. The summed E-state index contributed by atoms with van der Waals surface area (Å²) in [6.07, 6.45) is 7.95. The van der Waals surface area contributed by atoms with Gasteiger partial charge in [-0.3, -0.25) is 0 Å². The predicted octanol–water partition coefficient (Wildman–Crippen LogP) is 4.14. The smallest absolute Gasteiger partial charge is 0.0325 e. The Kier molecular flexibility index (Phi) is 2.70. The molecule has 15 heavy (non-hydrogen) atoms. The molecular formula is C14H14Cl. The van der Waals surface area contributed by atoms with Crippen molar-refractivity contribution in [2.75, 3.05) is 0 Å². The van der Waals surface area contributed by atoms with Crippen LogP contribution < -0.4 is 0 Å². The largest absolute Gasteiger partial charge is 0.0882 e. The van der Waals surface area contributed by atoms with Crippen LogP contribution in [0.2, 0.25) is 0 Å². The molecule has 0 fully saturated rings. The molecule has 1 unspecified atom stereocenters. The molecule has 0 aliphatic heterocycles. The first kappa shape index (κ1) is 10.5. The summed E-state index contributed by atoms with van der Waals surface area (Å²) in [5, 5.41) is 0.899. The molecule has 1 aliphatic carbocycles.